The summed E-state index contributed by atoms with van der Waals surface area (Å²) in [6, 6.07) is 0. The number of hydrogen-bond acceptors (Lipinski definition) is 5. The smallest absolute Gasteiger partial charge is 0.305 e. The van der Waals surface area contributed by atoms with Crippen molar-refractivity contribution >= 4 is 11.9 Å². The van der Waals surface area contributed by atoms with E-state index in [9.17, 15) is 9.59 Å². The van der Waals surface area contributed by atoms with E-state index in [0.717, 1.165) is 12.8 Å². The topological polar surface area (TPSA) is 90.3 Å². The highest BCUT2D eigenvalue weighted by Crippen LogP contribution is 2.22. The highest BCUT2D eigenvalue weighted by atomic mass is 16.5. The molecule has 0 fully saturated rings. The summed E-state index contributed by atoms with van der Waals surface area (Å²) in [6.45, 7) is 4.07. The van der Waals surface area contributed by atoms with Crippen molar-refractivity contribution in [3.8, 4) is 0 Å². The van der Waals surface area contributed by atoms with Crippen LogP contribution >= 0.6 is 0 Å². The highest BCUT2D eigenvalue weighted by molar-refractivity contribution is 5.67. The summed E-state index contributed by atoms with van der Waals surface area (Å²) in [5, 5.41) is 17.5. The molecule has 0 aromatic heterocycles. The molecule has 0 aromatic rings. The van der Waals surface area contributed by atoms with Gasteiger partial charge < -0.3 is 24.7 Å². The van der Waals surface area contributed by atoms with Gasteiger partial charge in [-0.05, 0) is 12.8 Å². The molecule has 0 amide bonds. The summed E-state index contributed by atoms with van der Waals surface area (Å²) in [6.07, 6.45) is 11.3. The first-order valence-corrected chi connectivity index (χ1v) is 9.25. The molecule has 0 aliphatic carbocycles. The molecule has 7 heteroatoms. The van der Waals surface area contributed by atoms with E-state index in [4.69, 9.17) is 14.9 Å². The molecule has 0 spiro atoms. The number of unbranched alkanes of at least 4 members (excludes halogenated alkanes) is 4. The van der Waals surface area contributed by atoms with Crippen LogP contribution in [0.3, 0.4) is 0 Å². The second-order valence-corrected chi connectivity index (χ2v) is 6.36. The van der Waals surface area contributed by atoms with Gasteiger partial charge in [0.1, 0.15) is 6.17 Å². The number of rotatable bonds is 15. The molecular formula is C18H32N2O5. The van der Waals surface area contributed by atoms with Gasteiger partial charge in [0, 0.05) is 25.5 Å². The number of hydrogen-bond donors (Lipinski definition) is 2. The molecular weight excluding hydrogens is 324 g/mol. The van der Waals surface area contributed by atoms with Gasteiger partial charge in [0.2, 0.25) is 0 Å². The van der Waals surface area contributed by atoms with E-state index in [1.54, 1.807) is 0 Å². The Kier molecular flexibility index (Phi) is 10.7. The third-order valence-electron chi connectivity index (χ3n) is 4.32. The van der Waals surface area contributed by atoms with Gasteiger partial charge in [0.15, 0.2) is 0 Å². The predicted octanol–water partition coefficient (Wildman–Crippen LogP) is 2.73. The van der Waals surface area contributed by atoms with Crippen LogP contribution in [-0.2, 0) is 14.3 Å². The highest BCUT2D eigenvalue weighted by Gasteiger charge is 2.25. The molecule has 25 heavy (non-hydrogen) atoms. The quantitative estimate of drug-likeness (QED) is 0.436. The molecule has 0 saturated carbocycles. The average molecular weight is 356 g/mol. The lowest BCUT2D eigenvalue weighted by Crippen LogP contribution is -2.40. The van der Waals surface area contributed by atoms with Gasteiger partial charge in [0.25, 0.3) is 0 Å². The summed E-state index contributed by atoms with van der Waals surface area (Å²) >= 11 is 0. The monoisotopic (exact) mass is 356 g/mol. The Bertz CT molecular complexity index is 428. The molecule has 0 saturated heterocycles. The maximum atomic E-state index is 10.8. The summed E-state index contributed by atoms with van der Waals surface area (Å²) in [4.78, 5) is 25.6. The lowest BCUT2D eigenvalue weighted by molar-refractivity contribution is -0.139. The van der Waals surface area contributed by atoms with Crippen LogP contribution < -0.4 is 0 Å². The lowest BCUT2D eigenvalue weighted by Gasteiger charge is -2.32. The number of aliphatic carboxylic acids is 2. The zero-order valence-corrected chi connectivity index (χ0v) is 15.2. The van der Waals surface area contributed by atoms with Crippen LogP contribution in [0.2, 0.25) is 0 Å². The number of carbonyl (C=O) groups is 2. The van der Waals surface area contributed by atoms with Crippen molar-refractivity contribution in [1.82, 2.24) is 9.80 Å². The first-order valence-electron chi connectivity index (χ1n) is 9.25. The Morgan fingerprint density at radius 1 is 0.920 bits per heavy atom. The van der Waals surface area contributed by atoms with Crippen molar-refractivity contribution in [3.63, 3.8) is 0 Å². The maximum absolute atomic E-state index is 10.8. The Hall–Kier alpha value is -1.76. The van der Waals surface area contributed by atoms with Crippen molar-refractivity contribution in [2.24, 2.45) is 0 Å². The molecule has 0 bridgehead atoms. The van der Waals surface area contributed by atoms with E-state index in [2.05, 4.69) is 16.7 Å². The van der Waals surface area contributed by atoms with Gasteiger partial charge in [-0.1, -0.05) is 32.6 Å². The van der Waals surface area contributed by atoms with Crippen LogP contribution in [0.25, 0.3) is 0 Å². The molecule has 1 rings (SSSR count). The third kappa shape index (κ3) is 9.34. The summed E-state index contributed by atoms with van der Waals surface area (Å²) in [5.41, 5.74) is 0. The average Bonchev–Trinajstić information content (AvgIpc) is 2.94. The molecule has 144 valence electrons. The fourth-order valence-electron chi connectivity index (χ4n) is 2.93. The Labute approximate surface area is 150 Å². The van der Waals surface area contributed by atoms with Crippen LogP contribution in [-0.4, -0.2) is 64.4 Å². The Morgan fingerprint density at radius 2 is 1.56 bits per heavy atom. The van der Waals surface area contributed by atoms with Crippen LogP contribution in [0.15, 0.2) is 12.4 Å². The molecule has 0 aromatic carbocycles. The minimum Gasteiger partial charge on any atom is -0.481 e. The molecule has 7 nitrogen and oxygen atoms in total. The van der Waals surface area contributed by atoms with Gasteiger partial charge >= 0.3 is 11.9 Å². The van der Waals surface area contributed by atoms with Gasteiger partial charge in [-0.3, -0.25) is 9.59 Å². The number of ether oxygens (including phenoxy) is 1. The van der Waals surface area contributed by atoms with Crippen LogP contribution in [0.1, 0.15) is 58.3 Å². The van der Waals surface area contributed by atoms with Gasteiger partial charge in [-0.15, -0.1) is 0 Å². The van der Waals surface area contributed by atoms with Crippen molar-refractivity contribution in [2.75, 3.05) is 26.3 Å². The lowest BCUT2D eigenvalue weighted by atomic mass is 10.1. The normalized spacial score (nSPS) is 16.6. The largest absolute Gasteiger partial charge is 0.481 e. The van der Waals surface area contributed by atoms with Crippen molar-refractivity contribution < 1.29 is 24.5 Å². The van der Waals surface area contributed by atoms with Gasteiger partial charge in [-0.2, -0.15) is 0 Å². The fraction of sp³-hybridized carbons (Fsp3) is 0.778. The second kappa shape index (κ2) is 12.6. The number of nitrogens with zero attached hydrogens (tertiary/aromatic N) is 2. The van der Waals surface area contributed by atoms with E-state index >= 15 is 0 Å². The van der Waals surface area contributed by atoms with E-state index < -0.39 is 11.9 Å². The van der Waals surface area contributed by atoms with Crippen LogP contribution in [0.4, 0.5) is 0 Å². The van der Waals surface area contributed by atoms with E-state index in [1.165, 1.54) is 25.7 Å². The van der Waals surface area contributed by atoms with E-state index in [-0.39, 0.29) is 25.6 Å². The molecule has 1 heterocycles. The van der Waals surface area contributed by atoms with Crippen molar-refractivity contribution in [2.45, 2.75) is 64.5 Å². The van der Waals surface area contributed by atoms with Gasteiger partial charge in [0.05, 0.1) is 26.1 Å². The van der Waals surface area contributed by atoms with Crippen molar-refractivity contribution in [1.29, 1.82) is 0 Å². The standard InChI is InChI=1S/C18H32N2O5/c1-2-3-4-5-6-7-16-19(10-8-17(21)22)11-12-20(16)13-15-25-14-9-18(23)24/h11-12,16H,2-10,13-15H2,1H3,(H,21,22)(H,23,24). The zero-order chi connectivity index (χ0) is 18.5. The first-order chi connectivity index (χ1) is 12.0. The van der Waals surface area contributed by atoms with E-state index in [0.29, 0.717) is 19.7 Å². The predicted molar refractivity (Wildman–Crippen MR) is 95.0 cm³/mol. The Balaban J connectivity index is 2.39. The molecule has 1 aliphatic rings. The molecule has 1 aliphatic heterocycles. The molecule has 1 unspecified atom stereocenters. The molecule has 0 radical (unpaired) electrons. The summed E-state index contributed by atoms with van der Waals surface area (Å²) < 4.78 is 5.38. The van der Waals surface area contributed by atoms with Crippen molar-refractivity contribution in [3.05, 3.63) is 12.4 Å². The minimum absolute atomic E-state index is 0.0153. The first kappa shape index (κ1) is 21.3. The SMILES string of the molecule is CCCCCCCC1N(CCOCCC(=O)O)C=CN1CCC(=O)O. The summed E-state index contributed by atoms with van der Waals surface area (Å²) in [5.74, 6) is -1.64. The number of carboxylic acid groups (broad SMARTS) is 2. The molecule has 1 atom stereocenters. The zero-order valence-electron chi connectivity index (χ0n) is 15.2. The maximum Gasteiger partial charge on any atom is 0.305 e. The van der Waals surface area contributed by atoms with Crippen LogP contribution in [0.5, 0.6) is 0 Å². The Morgan fingerprint density at radius 3 is 2.20 bits per heavy atom. The van der Waals surface area contributed by atoms with E-state index in [1.807, 2.05) is 12.4 Å². The van der Waals surface area contributed by atoms with Crippen LogP contribution in [0, 0.1) is 0 Å². The fourth-order valence-corrected chi connectivity index (χ4v) is 2.93. The third-order valence-corrected chi connectivity index (χ3v) is 4.32. The minimum atomic E-state index is -0.856. The molecule has 2 N–H and O–H groups in total. The number of carboxylic acids is 2. The summed E-state index contributed by atoms with van der Waals surface area (Å²) in [7, 11) is 0. The second-order valence-electron chi connectivity index (χ2n) is 6.36. The van der Waals surface area contributed by atoms with Gasteiger partial charge in [-0.25, -0.2) is 0 Å².